The van der Waals surface area contributed by atoms with Crippen LogP contribution < -0.4 is 4.90 Å². The van der Waals surface area contributed by atoms with Crippen molar-refractivity contribution in [2.24, 2.45) is 13.0 Å². The molecule has 3 rings (SSSR count). The van der Waals surface area contributed by atoms with Crippen LogP contribution in [0.1, 0.15) is 15.9 Å². The number of nitrogens with zero attached hydrogens (tertiary/aromatic N) is 3. The lowest BCUT2D eigenvalue weighted by Crippen LogP contribution is -2.42. The number of carboxylic acids is 1. The van der Waals surface area contributed by atoms with E-state index in [0.29, 0.717) is 12.0 Å². The highest BCUT2D eigenvalue weighted by Gasteiger charge is 2.32. The van der Waals surface area contributed by atoms with Gasteiger partial charge in [-0.05, 0) is 18.1 Å². The summed E-state index contributed by atoms with van der Waals surface area (Å²) in [6.07, 6.45) is 3.58. The van der Waals surface area contributed by atoms with E-state index in [-0.39, 0.29) is 12.5 Å². The molecule has 0 fully saturated rings. The number of benzene rings is 1. The Morgan fingerprint density at radius 2 is 2.10 bits per heavy atom. The van der Waals surface area contributed by atoms with Gasteiger partial charge in [0.1, 0.15) is 0 Å². The van der Waals surface area contributed by atoms with Crippen LogP contribution in [-0.2, 0) is 18.3 Å². The molecule has 6 heteroatoms. The number of anilines is 1. The lowest BCUT2D eigenvalue weighted by molar-refractivity contribution is -0.141. The number of aromatic nitrogens is 2. The normalized spacial score (nSPS) is 17.4. The molecule has 1 atom stereocenters. The minimum atomic E-state index is -0.881. The SMILES string of the molecule is Cn1cc(C(=O)N2CC(C(=O)O)Cc3ccccc32)cn1. The number of hydrogen-bond acceptors (Lipinski definition) is 3. The maximum Gasteiger partial charge on any atom is 0.308 e. The third-order valence-corrected chi connectivity index (χ3v) is 3.70. The van der Waals surface area contributed by atoms with Crippen molar-refractivity contribution in [3.05, 3.63) is 47.8 Å². The fourth-order valence-electron chi connectivity index (χ4n) is 2.64. The van der Waals surface area contributed by atoms with Gasteiger partial charge in [-0.1, -0.05) is 18.2 Å². The summed E-state index contributed by atoms with van der Waals surface area (Å²) in [7, 11) is 1.74. The van der Waals surface area contributed by atoms with Crippen molar-refractivity contribution in [1.29, 1.82) is 0 Å². The van der Waals surface area contributed by atoms with Crippen LogP contribution in [0.4, 0.5) is 5.69 Å². The minimum Gasteiger partial charge on any atom is -0.481 e. The predicted octanol–water partition coefficient (Wildman–Crippen LogP) is 1.32. The molecule has 1 amide bonds. The molecule has 0 saturated carbocycles. The number of hydrogen-bond donors (Lipinski definition) is 1. The van der Waals surface area contributed by atoms with Crippen molar-refractivity contribution in [3.63, 3.8) is 0 Å². The molecule has 1 aliphatic heterocycles. The van der Waals surface area contributed by atoms with E-state index in [2.05, 4.69) is 5.10 Å². The second kappa shape index (κ2) is 5.05. The number of carbonyl (C=O) groups is 2. The highest BCUT2D eigenvalue weighted by Crippen LogP contribution is 2.30. The Balaban J connectivity index is 2.00. The van der Waals surface area contributed by atoms with Gasteiger partial charge in [-0.15, -0.1) is 0 Å². The number of fused-ring (bicyclic) bond motifs is 1. The topological polar surface area (TPSA) is 75.4 Å². The van der Waals surface area contributed by atoms with Crippen LogP contribution in [0.5, 0.6) is 0 Å². The first kappa shape index (κ1) is 13.4. The molecular weight excluding hydrogens is 270 g/mol. The highest BCUT2D eigenvalue weighted by molar-refractivity contribution is 6.07. The van der Waals surface area contributed by atoms with Crippen molar-refractivity contribution in [2.75, 3.05) is 11.4 Å². The summed E-state index contributed by atoms with van der Waals surface area (Å²) in [5, 5.41) is 13.3. The molecule has 21 heavy (non-hydrogen) atoms. The van der Waals surface area contributed by atoms with E-state index in [1.165, 1.54) is 11.1 Å². The molecule has 0 spiro atoms. The Morgan fingerprint density at radius 1 is 1.33 bits per heavy atom. The highest BCUT2D eigenvalue weighted by atomic mass is 16.4. The second-order valence-electron chi connectivity index (χ2n) is 5.19. The van der Waals surface area contributed by atoms with Crippen molar-refractivity contribution >= 4 is 17.6 Å². The molecule has 1 N–H and O–H groups in total. The van der Waals surface area contributed by atoms with Crippen LogP contribution in [-0.4, -0.2) is 33.3 Å². The van der Waals surface area contributed by atoms with Crippen molar-refractivity contribution in [2.45, 2.75) is 6.42 Å². The molecule has 1 aliphatic rings. The van der Waals surface area contributed by atoms with Gasteiger partial charge in [0, 0.05) is 25.5 Å². The van der Waals surface area contributed by atoms with Crippen LogP contribution in [0.3, 0.4) is 0 Å². The Kier molecular flexibility index (Phi) is 3.21. The summed E-state index contributed by atoms with van der Waals surface area (Å²) in [6.45, 7) is 0.181. The van der Waals surface area contributed by atoms with Crippen LogP contribution in [0.2, 0.25) is 0 Å². The van der Waals surface area contributed by atoms with Gasteiger partial charge in [0.2, 0.25) is 0 Å². The first-order chi connectivity index (χ1) is 10.1. The molecule has 1 unspecified atom stereocenters. The largest absolute Gasteiger partial charge is 0.481 e. The first-order valence-electron chi connectivity index (χ1n) is 6.67. The molecule has 6 nitrogen and oxygen atoms in total. The number of para-hydroxylation sites is 1. The number of carboxylic acid groups (broad SMARTS) is 1. The van der Waals surface area contributed by atoms with Gasteiger partial charge in [-0.25, -0.2) is 0 Å². The van der Waals surface area contributed by atoms with Crippen molar-refractivity contribution in [3.8, 4) is 0 Å². The minimum absolute atomic E-state index is 0.181. The van der Waals surface area contributed by atoms with Crippen molar-refractivity contribution < 1.29 is 14.7 Å². The maximum atomic E-state index is 12.6. The summed E-state index contributed by atoms with van der Waals surface area (Å²) in [4.78, 5) is 25.5. The summed E-state index contributed by atoms with van der Waals surface area (Å²) in [5.74, 6) is -1.68. The average molecular weight is 285 g/mol. The van der Waals surface area contributed by atoms with Gasteiger partial charge in [0.15, 0.2) is 0 Å². The van der Waals surface area contributed by atoms with Crippen LogP contribution in [0.15, 0.2) is 36.7 Å². The number of rotatable bonds is 2. The predicted molar refractivity (Wildman–Crippen MR) is 76.2 cm³/mol. The molecule has 0 bridgehead atoms. The third-order valence-electron chi connectivity index (χ3n) is 3.70. The number of carbonyl (C=O) groups excluding carboxylic acids is 1. The Labute approximate surface area is 121 Å². The van der Waals surface area contributed by atoms with E-state index in [1.807, 2.05) is 24.3 Å². The summed E-state index contributed by atoms with van der Waals surface area (Å²) < 4.78 is 1.55. The zero-order valence-corrected chi connectivity index (χ0v) is 11.6. The lowest BCUT2D eigenvalue weighted by atomic mass is 9.92. The van der Waals surface area contributed by atoms with E-state index in [9.17, 15) is 14.7 Å². The molecule has 0 saturated heterocycles. The second-order valence-corrected chi connectivity index (χ2v) is 5.19. The molecular formula is C15H15N3O3. The zero-order valence-electron chi connectivity index (χ0n) is 11.6. The lowest BCUT2D eigenvalue weighted by Gasteiger charge is -2.32. The molecule has 1 aromatic heterocycles. The Bertz CT molecular complexity index is 708. The average Bonchev–Trinajstić information content (AvgIpc) is 2.92. The standard InChI is InChI=1S/C15H15N3O3/c1-17-8-12(7-16-17)14(19)18-9-11(15(20)21)6-10-4-2-3-5-13(10)18/h2-5,7-8,11H,6,9H2,1H3,(H,20,21). The number of aliphatic carboxylic acids is 1. The van der Waals surface area contributed by atoms with E-state index in [1.54, 1.807) is 17.9 Å². The van der Waals surface area contributed by atoms with Crippen molar-refractivity contribution in [1.82, 2.24) is 9.78 Å². The van der Waals surface area contributed by atoms with E-state index >= 15 is 0 Å². The fourth-order valence-corrected chi connectivity index (χ4v) is 2.64. The maximum absolute atomic E-state index is 12.6. The van der Waals surface area contributed by atoms with E-state index in [4.69, 9.17) is 0 Å². The van der Waals surface area contributed by atoms with Gasteiger partial charge >= 0.3 is 5.97 Å². The molecule has 2 aromatic rings. The summed E-state index contributed by atoms with van der Waals surface area (Å²) in [6, 6.07) is 7.43. The van der Waals surface area contributed by atoms with Gasteiger partial charge in [0.05, 0.1) is 17.7 Å². The first-order valence-corrected chi connectivity index (χ1v) is 6.67. The Hall–Kier alpha value is -2.63. The molecule has 2 heterocycles. The van der Waals surface area contributed by atoms with Gasteiger partial charge in [-0.2, -0.15) is 5.10 Å². The van der Waals surface area contributed by atoms with Crippen LogP contribution in [0, 0.1) is 5.92 Å². The quantitative estimate of drug-likeness (QED) is 0.903. The molecule has 108 valence electrons. The zero-order chi connectivity index (χ0) is 15.0. The molecule has 0 aliphatic carbocycles. The molecule has 0 radical (unpaired) electrons. The van der Waals surface area contributed by atoms with Gasteiger partial charge < -0.3 is 10.0 Å². The fraction of sp³-hybridized carbons (Fsp3) is 0.267. The van der Waals surface area contributed by atoms with E-state index in [0.717, 1.165) is 11.3 Å². The monoisotopic (exact) mass is 285 g/mol. The summed E-state index contributed by atoms with van der Waals surface area (Å²) in [5.41, 5.74) is 2.12. The smallest absolute Gasteiger partial charge is 0.308 e. The number of amides is 1. The van der Waals surface area contributed by atoms with E-state index < -0.39 is 11.9 Å². The molecule has 1 aromatic carbocycles. The van der Waals surface area contributed by atoms with Gasteiger partial charge in [-0.3, -0.25) is 14.3 Å². The third kappa shape index (κ3) is 2.40. The Morgan fingerprint density at radius 3 is 2.76 bits per heavy atom. The van der Waals surface area contributed by atoms with Crippen LogP contribution in [0.25, 0.3) is 0 Å². The van der Waals surface area contributed by atoms with Crippen LogP contribution >= 0.6 is 0 Å². The van der Waals surface area contributed by atoms with Gasteiger partial charge in [0.25, 0.3) is 5.91 Å². The number of aryl methyl sites for hydroxylation is 1. The summed E-state index contributed by atoms with van der Waals surface area (Å²) >= 11 is 0.